The van der Waals surface area contributed by atoms with Gasteiger partial charge in [-0.25, -0.2) is 9.97 Å². The number of ether oxygens (including phenoxy) is 1. The predicted octanol–water partition coefficient (Wildman–Crippen LogP) is 2.04. The first-order valence-corrected chi connectivity index (χ1v) is 7.41. The molecule has 2 aromatic heterocycles. The van der Waals surface area contributed by atoms with Crippen molar-refractivity contribution in [1.82, 2.24) is 14.4 Å². The van der Waals surface area contributed by atoms with Gasteiger partial charge in [-0.15, -0.1) is 0 Å². The van der Waals surface area contributed by atoms with E-state index in [4.69, 9.17) is 4.74 Å². The van der Waals surface area contributed by atoms with Crippen molar-refractivity contribution in [3.63, 3.8) is 0 Å². The SMILES string of the molecule is COC(=O)CN(c1cnc2ncccn12)C1CCCCC1. The molecule has 112 valence electrons. The topological polar surface area (TPSA) is 59.7 Å². The summed E-state index contributed by atoms with van der Waals surface area (Å²) in [7, 11) is 1.43. The summed E-state index contributed by atoms with van der Waals surface area (Å²) >= 11 is 0. The van der Waals surface area contributed by atoms with Gasteiger partial charge in [-0.2, -0.15) is 0 Å². The number of hydrogen-bond donors (Lipinski definition) is 0. The minimum Gasteiger partial charge on any atom is -0.468 e. The number of anilines is 1. The maximum Gasteiger partial charge on any atom is 0.325 e. The minimum absolute atomic E-state index is 0.223. The summed E-state index contributed by atoms with van der Waals surface area (Å²) in [6, 6.07) is 2.23. The number of fused-ring (bicyclic) bond motifs is 1. The van der Waals surface area contributed by atoms with Gasteiger partial charge in [-0.05, 0) is 18.9 Å². The van der Waals surface area contributed by atoms with Crippen LogP contribution in [0.1, 0.15) is 32.1 Å². The van der Waals surface area contributed by atoms with E-state index in [1.54, 1.807) is 12.4 Å². The highest BCUT2D eigenvalue weighted by atomic mass is 16.5. The number of imidazole rings is 1. The molecule has 1 aliphatic rings. The van der Waals surface area contributed by atoms with Crippen molar-refractivity contribution < 1.29 is 9.53 Å². The quantitative estimate of drug-likeness (QED) is 0.806. The molecule has 0 N–H and O–H groups in total. The highest BCUT2D eigenvalue weighted by molar-refractivity contribution is 5.75. The highest BCUT2D eigenvalue weighted by Gasteiger charge is 2.26. The van der Waals surface area contributed by atoms with E-state index in [1.165, 1.54) is 26.4 Å². The van der Waals surface area contributed by atoms with E-state index >= 15 is 0 Å². The molecule has 1 saturated carbocycles. The van der Waals surface area contributed by atoms with Crippen molar-refractivity contribution in [3.8, 4) is 0 Å². The maximum atomic E-state index is 11.8. The Kier molecular flexibility index (Phi) is 4.03. The zero-order valence-corrected chi connectivity index (χ0v) is 12.2. The molecule has 6 nitrogen and oxygen atoms in total. The fraction of sp³-hybridized carbons (Fsp3) is 0.533. The second-order valence-corrected chi connectivity index (χ2v) is 5.40. The van der Waals surface area contributed by atoms with Crippen molar-refractivity contribution in [2.24, 2.45) is 0 Å². The largest absolute Gasteiger partial charge is 0.468 e. The number of nitrogens with zero attached hydrogens (tertiary/aromatic N) is 4. The minimum atomic E-state index is -0.223. The van der Waals surface area contributed by atoms with Gasteiger partial charge >= 0.3 is 5.97 Å². The summed E-state index contributed by atoms with van der Waals surface area (Å²) in [5.41, 5.74) is 0. The average molecular weight is 288 g/mol. The molecule has 1 fully saturated rings. The zero-order chi connectivity index (χ0) is 14.7. The Morgan fingerprint density at radius 1 is 1.38 bits per heavy atom. The molecule has 0 unspecified atom stereocenters. The van der Waals surface area contributed by atoms with Crippen molar-refractivity contribution in [2.75, 3.05) is 18.6 Å². The molecule has 0 aromatic carbocycles. The van der Waals surface area contributed by atoms with Gasteiger partial charge < -0.3 is 9.64 Å². The van der Waals surface area contributed by atoms with Gasteiger partial charge in [0.15, 0.2) is 0 Å². The van der Waals surface area contributed by atoms with Crippen LogP contribution in [0.4, 0.5) is 5.82 Å². The van der Waals surface area contributed by atoms with Crippen molar-refractivity contribution in [2.45, 2.75) is 38.1 Å². The van der Waals surface area contributed by atoms with Crippen LogP contribution in [0.3, 0.4) is 0 Å². The molecule has 0 amide bonds. The van der Waals surface area contributed by atoms with Crippen LogP contribution in [-0.4, -0.2) is 40.0 Å². The third-order valence-electron chi connectivity index (χ3n) is 4.11. The lowest BCUT2D eigenvalue weighted by Gasteiger charge is -2.34. The predicted molar refractivity (Wildman–Crippen MR) is 79.2 cm³/mol. The Hall–Kier alpha value is -2.11. The van der Waals surface area contributed by atoms with E-state index in [2.05, 4.69) is 14.9 Å². The molecule has 0 radical (unpaired) electrons. The normalized spacial score (nSPS) is 16.0. The summed E-state index contributed by atoms with van der Waals surface area (Å²) in [4.78, 5) is 22.5. The van der Waals surface area contributed by atoms with Crippen LogP contribution in [-0.2, 0) is 9.53 Å². The van der Waals surface area contributed by atoms with Crippen LogP contribution in [0, 0.1) is 0 Å². The smallest absolute Gasteiger partial charge is 0.325 e. The Morgan fingerprint density at radius 3 is 2.95 bits per heavy atom. The lowest BCUT2D eigenvalue weighted by atomic mass is 9.94. The van der Waals surface area contributed by atoms with Crippen LogP contribution < -0.4 is 4.90 Å². The van der Waals surface area contributed by atoms with Gasteiger partial charge in [0.05, 0.1) is 13.3 Å². The van der Waals surface area contributed by atoms with Crippen LogP contribution >= 0.6 is 0 Å². The standard InChI is InChI=1S/C15H20N4O2/c1-21-14(20)11-19(12-6-3-2-4-7-12)13-10-17-15-16-8-5-9-18(13)15/h5,8-10,12H,2-4,6-7,11H2,1H3. The molecule has 0 saturated heterocycles. The van der Waals surface area contributed by atoms with Crippen LogP contribution in [0.15, 0.2) is 24.7 Å². The molecule has 3 rings (SSSR count). The number of rotatable bonds is 4. The number of aromatic nitrogens is 3. The molecule has 6 heteroatoms. The first kappa shape index (κ1) is 13.9. The van der Waals surface area contributed by atoms with E-state index in [0.717, 1.165) is 18.7 Å². The lowest BCUT2D eigenvalue weighted by molar-refractivity contribution is -0.139. The first-order chi connectivity index (χ1) is 10.3. The number of carbonyl (C=O) groups is 1. The molecule has 0 spiro atoms. The first-order valence-electron chi connectivity index (χ1n) is 7.41. The van der Waals surface area contributed by atoms with Gasteiger partial charge in [-0.3, -0.25) is 9.20 Å². The number of carbonyl (C=O) groups excluding carboxylic acids is 1. The summed E-state index contributed by atoms with van der Waals surface area (Å²) in [6.07, 6.45) is 11.3. The Balaban J connectivity index is 1.95. The second kappa shape index (κ2) is 6.11. The molecule has 0 aliphatic heterocycles. The van der Waals surface area contributed by atoms with Gasteiger partial charge in [-0.1, -0.05) is 19.3 Å². The average Bonchev–Trinajstić information content (AvgIpc) is 2.97. The molecule has 0 atom stereocenters. The van der Waals surface area contributed by atoms with Gasteiger partial charge in [0, 0.05) is 18.4 Å². The fourth-order valence-electron chi connectivity index (χ4n) is 3.02. The monoisotopic (exact) mass is 288 g/mol. The summed E-state index contributed by atoms with van der Waals surface area (Å²) in [6.45, 7) is 0.254. The summed E-state index contributed by atoms with van der Waals surface area (Å²) < 4.78 is 6.78. The molecular weight excluding hydrogens is 268 g/mol. The van der Waals surface area contributed by atoms with Crippen LogP contribution in [0.25, 0.3) is 5.78 Å². The number of hydrogen-bond acceptors (Lipinski definition) is 5. The van der Waals surface area contributed by atoms with E-state index in [-0.39, 0.29) is 12.5 Å². The molecule has 2 heterocycles. The van der Waals surface area contributed by atoms with Gasteiger partial charge in [0.25, 0.3) is 0 Å². The van der Waals surface area contributed by atoms with Gasteiger partial charge in [0.2, 0.25) is 5.78 Å². The molecule has 1 aliphatic carbocycles. The third kappa shape index (κ3) is 2.84. The maximum absolute atomic E-state index is 11.8. The van der Waals surface area contributed by atoms with Crippen molar-refractivity contribution in [3.05, 3.63) is 24.7 Å². The number of esters is 1. The van der Waals surface area contributed by atoms with Crippen molar-refractivity contribution in [1.29, 1.82) is 0 Å². The summed E-state index contributed by atoms with van der Waals surface area (Å²) in [5.74, 6) is 1.34. The second-order valence-electron chi connectivity index (χ2n) is 5.40. The van der Waals surface area contributed by atoms with E-state index in [0.29, 0.717) is 11.8 Å². The third-order valence-corrected chi connectivity index (χ3v) is 4.11. The highest BCUT2D eigenvalue weighted by Crippen LogP contribution is 2.27. The van der Waals surface area contributed by atoms with Crippen LogP contribution in [0.2, 0.25) is 0 Å². The molecule has 0 bridgehead atoms. The van der Waals surface area contributed by atoms with Gasteiger partial charge in [0.1, 0.15) is 12.4 Å². The van der Waals surface area contributed by atoms with E-state index in [9.17, 15) is 4.79 Å². The molecule has 2 aromatic rings. The van der Waals surface area contributed by atoms with E-state index < -0.39 is 0 Å². The lowest BCUT2D eigenvalue weighted by Crippen LogP contribution is -2.41. The van der Waals surface area contributed by atoms with E-state index in [1.807, 2.05) is 16.7 Å². The number of methoxy groups -OCH3 is 1. The Labute approximate surface area is 123 Å². The molecular formula is C15H20N4O2. The Bertz CT molecular complexity index is 619. The fourth-order valence-corrected chi connectivity index (χ4v) is 3.02. The van der Waals surface area contributed by atoms with Crippen molar-refractivity contribution >= 4 is 17.6 Å². The van der Waals surface area contributed by atoms with Crippen LogP contribution in [0.5, 0.6) is 0 Å². The Morgan fingerprint density at radius 2 is 2.19 bits per heavy atom. The molecule has 21 heavy (non-hydrogen) atoms. The summed E-state index contributed by atoms with van der Waals surface area (Å²) in [5, 5.41) is 0. The zero-order valence-electron chi connectivity index (χ0n) is 12.2.